The number of aliphatic hydroxyl groups is 3. The Balaban J connectivity index is 1.67. The molecule has 0 saturated heterocycles. The number of nitrogens with zero attached hydrogens (tertiary/aromatic N) is 4. The van der Waals surface area contributed by atoms with Gasteiger partial charge >= 0.3 is 12.0 Å². The van der Waals surface area contributed by atoms with Gasteiger partial charge in [-0.1, -0.05) is 67.6 Å². The van der Waals surface area contributed by atoms with E-state index in [2.05, 4.69) is 34.2 Å². The molecule has 11 nitrogen and oxygen atoms in total. The molecule has 0 bridgehead atoms. The molecule has 2 aromatic heterocycles. The monoisotopic (exact) mass is 602 g/mol. The van der Waals surface area contributed by atoms with Crippen LogP contribution in [0.15, 0.2) is 72.8 Å². The SMILES string of the molecule is CCCOc1nc(OCCO)cc([C@H]2[C@@H](c3ccccc3)[C@H](c3cc(OCCO)nc(OCCO)n3)[C@@H]2c2ccccc2)n1. The molecule has 0 unspecified atom stereocenters. The highest BCUT2D eigenvalue weighted by molar-refractivity contribution is 5.47. The fraction of sp³-hybridized carbons (Fsp3) is 0.394. The van der Waals surface area contributed by atoms with Crippen LogP contribution in [-0.2, 0) is 0 Å². The zero-order chi connectivity index (χ0) is 30.7. The second kappa shape index (κ2) is 15.4. The Bertz CT molecular complexity index is 1290. The van der Waals surface area contributed by atoms with Gasteiger partial charge in [0.1, 0.15) is 19.8 Å². The largest absolute Gasteiger partial charge is 0.475 e. The fourth-order valence-electron chi connectivity index (χ4n) is 5.75. The molecule has 0 amide bonds. The second-order valence-electron chi connectivity index (χ2n) is 10.3. The van der Waals surface area contributed by atoms with Gasteiger partial charge in [0.05, 0.1) is 37.8 Å². The van der Waals surface area contributed by atoms with Crippen molar-refractivity contribution in [3.8, 4) is 23.8 Å². The van der Waals surface area contributed by atoms with E-state index in [1.165, 1.54) is 0 Å². The maximum Gasteiger partial charge on any atom is 0.320 e. The van der Waals surface area contributed by atoms with E-state index in [0.29, 0.717) is 18.2 Å². The normalized spacial score (nSPS) is 19.2. The molecule has 11 heteroatoms. The van der Waals surface area contributed by atoms with Crippen molar-refractivity contribution in [2.75, 3.05) is 46.2 Å². The lowest BCUT2D eigenvalue weighted by atomic mass is 9.50. The van der Waals surface area contributed by atoms with Gasteiger partial charge in [-0.15, -0.1) is 0 Å². The minimum absolute atomic E-state index is 0.0263. The molecule has 2 aromatic carbocycles. The molecule has 232 valence electrons. The molecule has 0 spiro atoms. The summed E-state index contributed by atoms with van der Waals surface area (Å²) in [5, 5.41) is 28.2. The first-order valence-electron chi connectivity index (χ1n) is 14.9. The summed E-state index contributed by atoms with van der Waals surface area (Å²) in [5.74, 6) is 0.138. The van der Waals surface area contributed by atoms with E-state index in [1.807, 2.05) is 49.4 Å². The first-order chi connectivity index (χ1) is 21.7. The number of rotatable bonds is 16. The Morgan fingerprint density at radius 3 is 1.34 bits per heavy atom. The summed E-state index contributed by atoms with van der Waals surface area (Å²) >= 11 is 0. The molecule has 0 radical (unpaired) electrons. The lowest BCUT2D eigenvalue weighted by Crippen LogP contribution is -2.41. The van der Waals surface area contributed by atoms with Crippen LogP contribution in [0.5, 0.6) is 23.8 Å². The Morgan fingerprint density at radius 2 is 0.932 bits per heavy atom. The zero-order valence-electron chi connectivity index (χ0n) is 24.7. The van der Waals surface area contributed by atoms with Gasteiger partial charge in [0.2, 0.25) is 11.8 Å². The number of aromatic nitrogens is 4. The van der Waals surface area contributed by atoms with Crippen LogP contribution in [-0.4, -0.2) is 81.5 Å². The number of hydrogen-bond acceptors (Lipinski definition) is 11. The summed E-state index contributed by atoms with van der Waals surface area (Å²) in [7, 11) is 0. The molecular weight excluding hydrogens is 564 g/mol. The van der Waals surface area contributed by atoms with E-state index in [9.17, 15) is 15.3 Å². The Kier molecular flexibility index (Phi) is 10.9. The Morgan fingerprint density at radius 1 is 0.523 bits per heavy atom. The first kappa shape index (κ1) is 31.1. The first-order valence-corrected chi connectivity index (χ1v) is 14.9. The van der Waals surface area contributed by atoms with Crippen molar-refractivity contribution >= 4 is 0 Å². The summed E-state index contributed by atoms with van der Waals surface area (Å²) in [5.41, 5.74) is 3.64. The van der Waals surface area contributed by atoms with Crippen LogP contribution < -0.4 is 18.9 Å². The van der Waals surface area contributed by atoms with Crippen LogP contribution in [0.2, 0.25) is 0 Å². The molecule has 1 aliphatic carbocycles. The van der Waals surface area contributed by atoms with E-state index >= 15 is 0 Å². The molecule has 3 N–H and O–H groups in total. The molecule has 2 atom stereocenters. The van der Waals surface area contributed by atoms with Crippen molar-refractivity contribution in [2.24, 2.45) is 0 Å². The summed E-state index contributed by atoms with van der Waals surface area (Å²) in [6, 6.07) is 24.3. The van der Waals surface area contributed by atoms with Crippen LogP contribution in [0.4, 0.5) is 0 Å². The average molecular weight is 603 g/mol. The topological polar surface area (TPSA) is 149 Å². The van der Waals surface area contributed by atoms with Crippen molar-refractivity contribution in [1.29, 1.82) is 0 Å². The zero-order valence-corrected chi connectivity index (χ0v) is 24.7. The highest BCUT2D eigenvalue weighted by Gasteiger charge is 2.54. The van der Waals surface area contributed by atoms with Crippen molar-refractivity contribution < 1.29 is 34.3 Å². The molecular formula is C33H38N4O7. The lowest BCUT2D eigenvalue weighted by molar-refractivity contribution is 0.175. The number of benzene rings is 2. The van der Waals surface area contributed by atoms with Gasteiger partial charge in [-0.2, -0.15) is 19.9 Å². The summed E-state index contributed by atoms with van der Waals surface area (Å²) in [6.45, 7) is 2.13. The Hall–Kier alpha value is -4.32. The minimum Gasteiger partial charge on any atom is -0.475 e. The molecule has 1 fully saturated rings. The molecule has 0 aliphatic heterocycles. The molecule has 4 aromatic rings. The van der Waals surface area contributed by atoms with Crippen LogP contribution in [0.3, 0.4) is 0 Å². The summed E-state index contributed by atoms with van der Waals surface area (Å²) in [6.07, 6.45) is 0.792. The van der Waals surface area contributed by atoms with Crippen LogP contribution in [0.1, 0.15) is 59.5 Å². The van der Waals surface area contributed by atoms with Gasteiger partial charge in [0.25, 0.3) is 0 Å². The number of ether oxygens (including phenoxy) is 4. The molecule has 5 rings (SSSR count). The molecule has 2 heterocycles. The van der Waals surface area contributed by atoms with Gasteiger partial charge < -0.3 is 34.3 Å². The van der Waals surface area contributed by atoms with Gasteiger partial charge in [-0.05, 0) is 17.5 Å². The van der Waals surface area contributed by atoms with Gasteiger partial charge in [0, 0.05) is 35.8 Å². The van der Waals surface area contributed by atoms with Gasteiger partial charge in [-0.3, -0.25) is 0 Å². The van der Waals surface area contributed by atoms with Crippen LogP contribution >= 0.6 is 0 Å². The molecule has 1 saturated carbocycles. The third-order valence-corrected chi connectivity index (χ3v) is 7.44. The highest BCUT2D eigenvalue weighted by atomic mass is 16.5. The molecule has 1 aliphatic rings. The Labute approximate surface area is 256 Å². The number of hydrogen-bond donors (Lipinski definition) is 3. The average Bonchev–Trinajstić information content (AvgIpc) is 3.05. The van der Waals surface area contributed by atoms with Crippen LogP contribution in [0.25, 0.3) is 0 Å². The maximum atomic E-state index is 9.41. The minimum atomic E-state index is -0.192. The van der Waals surface area contributed by atoms with Crippen molar-refractivity contribution in [1.82, 2.24) is 19.9 Å². The maximum absolute atomic E-state index is 9.41. The molecule has 44 heavy (non-hydrogen) atoms. The van der Waals surface area contributed by atoms with E-state index < -0.39 is 0 Å². The standard InChI is InChI=1S/C33H38N4O7/c1-2-16-43-32-34-24(20-26(36-32)41-17-13-38)30-28(22-9-5-3-6-10-22)31(29(30)23-11-7-4-8-12-23)25-21-27(42-18-14-39)37-33(35-25)44-19-15-40/h3-12,20-21,28-31,38-40H,2,13-19H2,1H3/t28-,29-,30-,31-/m1/s1. The van der Waals surface area contributed by atoms with Crippen LogP contribution in [0, 0.1) is 0 Å². The van der Waals surface area contributed by atoms with Gasteiger partial charge in [0.15, 0.2) is 0 Å². The van der Waals surface area contributed by atoms with E-state index in [4.69, 9.17) is 28.9 Å². The smallest absolute Gasteiger partial charge is 0.320 e. The highest BCUT2D eigenvalue weighted by Crippen LogP contribution is 2.66. The third kappa shape index (κ3) is 7.24. The van der Waals surface area contributed by atoms with Crippen molar-refractivity contribution in [3.05, 3.63) is 95.3 Å². The van der Waals surface area contributed by atoms with E-state index in [-0.39, 0.29) is 81.2 Å². The fourth-order valence-corrected chi connectivity index (χ4v) is 5.75. The predicted octanol–water partition coefficient (Wildman–Crippen LogP) is 3.62. The third-order valence-electron chi connectivity index (χ3n) is 7.44. The summed E-state index contributed by atoms with van der Waals surface area (Å²) < 4.78 is 23.0. The quantitative estimate of drug-likeness (QED) is 0.173. The van der Waals surface area contributed by atoms with Crippen molar-refractivity contribution in [2.45, 2.75) is 37.0 Å². The predicted molar refractivity (Wildman–Crippen MR) is 161 cm³/mol. The lowest BCUT2D eigenvalue weighted by Gasteiger charge is -2.52. The van der Waals surface area contributed by atoms with E-state index in [1.54, 1.807) is 6.07 Å². The number of aliphatic hydroxyl groups excluding tert-OH is 3. The summed E-state index contributed by atoms with van der Waals surface area (Å²) in [4.78, 5) is 18.5. The van der Waals surface area contributed by atoms with Crippen molar-refractivity contribution in [3.63, 3.8) is 0 Å². The second-order valence-corrected chi connectivity index (χ2v) is 10.3. The van der Waals surface area contributed by atoms with E-state index in [0.717, 1.165) is 23.2 Å². The van der Waals surface area contributed by atoms with Gasteiger partial charge in [-0.25, -0.2) is 0 Å².